The van der Waals surface area contributed by atoms with Crippen LogP contribution in [0.1, 0.15) is 12.0 Å². The number of rotatable bonds is 6. The van der Waals surface area contributed by atoms with Gasteiger partial charge >= 0.3 is 5.69 Å². The van der Waals surface area contributed by atoms with Crippen molar-refractivity contribution in [1.29, 1.82) is 0 Å². The van der Waals surface area contributed by atoms with Crippen LogP contribution in [-0.2, 0) is 45.2 Å². The smallest absolute Gasteiger partial charge is 0.332 e. The summed E-state index contributed by atoms with van der Waals surface area (Å²) < 4.78 is 23.0. The second-order valence-electron chi connectivity index (χ2n) is 8.86. The Balaban J connectivity index is 1.53. The first kappa shape index (κ1) is 23.6. The van der Waals surface area contributed by atoms with Gasteiger partial charge in [-0.3, -0.25) is 33.2 Å². The zero-order valence-electron chi connectivity index (χ0n) is 19.9. The van der Waals surface area contributed by atoms with E-state index in [1.54, 1.807) is 0 Å². The molecule has 13 heteroatoms. The Bertz CT molecular complexity index is 1570. The number of anilines is 1. The molecule has 1 fully saturated rings. The van der Waals surface area contributed by atoms with Gasteiger partial charge in [-0.15, -0.1) is 0 Å². The Morgan fingerprint density at radius 3 is 2.44 bits per heavy atom. The highest BCUT2D eigenvalue weighted by atomic mass is 19.1. The number of likely N-dealkylation sites (tertiary alicyclic amines) is 1. The first-order valence-electron chi connectivity index (χ1n) is 11.2. The average Bonchev–Trinajstić information content (AvgIpc) is 3.46. The average molecular weight is 498 g/mol. The van der Waals surface area contributed by atoms with Crippen LogP contribution in [0.2, 0.25) is 0 Å². The van der Waals surface area contributed by atoms with Crippen LogP contribution in [0, 0.1) is 5.82 Å². The van der Waals surface area contributed by atoms with Gasteiger partial charge in [0.1, 0.15) is 5.82 Å². The minimum absolute atomic E-state index is 0.0101. The van der Waals surface area contributed by atoms with Crippen LogP contribution >= 0.6 is 0 Å². The van der Waals surface area contributed by atoms with Crippen LogP contribution in [0.15, 0.2) is 34.1 Å². The second-order valence-corrected chi connectivity index (χ2v) is 8.86. The molecule has 4 heterocycles. The van der Waals surface area contributed by atoms with Crippen LogP contribution in [0.5, 0.6) is 0 Å². The number of benzene rings is 1. The van der Waals surface area contributed by atoms with Crippen LogP contribution in [0.4, 0.5) is 10.1 Å². The van der Waals surface area contributed by atoms with E-state index in [4.69, 9.17) is 4.74 Å². The second kappa shape index (κ2) is 8.22. The Hall–Kier alpha value is -4.13. The molecule has 1 spiro atoms. The van der Waals surface area contributed by atoms with E-state index in [0.717, 1.165) is 15.5 Å². The lowest BCUT2D eigenvalue weighted by atomic mass is 9.80. The van der Waals surface area contributed by atoms with E-state index in [2.05, 4.69) is 4.98 Å². The van der Waals surface area contributed by atoms with E-state index in [0.29, 0.717) is 5.69 Å². The fourth-order valence-electron chi connectivity index (χ4n) is 5.06. The molecule has 0 N–H and O–H groups in total. The summed E-state index contributed by atoms with van der Waals surface area (Å²) in [5.41, 5.74) is -2.08. The Morgan fingerprint density at radius 2 is 1.72 bits per heavy atom. The molecule has 3 amide bonds. The SMILES string of the molecule is COCCN1C(=O)CC2(C1=O)C(=O)N(CCn1cnc3c1c(=O)n(C)c(=O)n3C)c1ccc(F)cc12. The number of hydrogen-bond donors (Lipinski definition) is 0. The number of imidazole rings is 1. The summed E-state index contributed by atoms with van der Waals surface area (Å²) >= 11 is 0. The fraction of sp³-hybridized carbons (Fsp3) is 0.391. The van der Waals surface area contributed by atoms with Gasteiger partial charge in [0.2, 0.25) is 17.7 Å². The number of aryl methyl sites for hydroxylation is 1. The zero-order chi connectivity index (χ0) is 25.9. The van der Waals surface area contributed by atoms with Gasteiger partial charge in [0.25, 0.3) is 5.56 Å². The molecule has 3 aromatic rings. The van der Waals surface area contributed by atoms with Crippen molar-refractivity contribution in [2.75, 3.05) is 31.7 Å². The molecule has 188 valence electrons. The number of hydrogen-bond acceptors (Lipinski definition) is 7. The van der Waals surface area contributed by atoms with Crippen molar-refractivity contribution < 1.29 is 23.5 Å². The lowest BCUT2D eigenvalue weighted by molar-refractivity contribution is -0.142. The molecule has 1 unspecified atom stereocenters. The summed E-state index contributed by atoms with van der Waals surface area (Å²) in [4.78, 5) is 71.3. The largest absolute Gasteiger partial charge is 0.383 e. The standard InChI is InChI=1S/C23H23FN6O6/c1-26-18-17(19(32)27(2)22(26)35)28(12-25-18)6-7-29-15-5-4-13(24)10-14(15)23(20(29)33)11-16(31)30(21(23)34)8-9-36-3/h4-5,10,12H,6-9,11H2,1-3H3. The molecule has 0 aliphatic carbocycles. The number of amides is 3. The van der Waals surface area contributed by atoms with Gasteiger partial charge < -0.3 is 14.2 Å². The Morgan fingerprint density at radius 1 is 1.00 bits per heavy atom. The number of methoxy groups -OCH3 is 1. The molecular formula is C23H23FN6O6. The fourth-order valence-corrected chi connectivity index (χ4v) is 5.06. The normalized spacial score (nSPS) is 19.4. The van der Waals surface area contributed by atoms with Crippen LogP contribution in [0.3, 0.4) is 0 Å². The number of ether oxygens (including phenoxy) is 1. The van der Waals surface area contributed by atoms with E-state index >= 15 is 0 Å². The number of halogens is 1. The molecular weight excluding hydrogens is 475 g/mol. The van der Waals surface area contributed by atoms with E-state index in [1.165, 1.54) is 53.7 Å². The quantitative estimate of drug-likeness (QED) is 0.324. The topological polar surface area (TPSA) is 129 Å². The number of nitrogens with zero attached hydrogens (tertiary/aromatic N) is 6. The van der Waals surface area contributed by atoms with E-state index in [1.807, 2.05) is 0 Å². The van der Waals surface area contributed by atoms with Crippen LogP contribution < -0.4 is 16.1 Å². The minimum Gasteiger partial charge on any atom is -0.383 e. The van der Waals surface area contributed by atoms with Gasteiger partial charge in [0.05, 0.1) is 25.9 Å². The summed E-state index contributed by atoms with van der Waals surface area (Å²) in [6.45, 7) is 0.192. The highest BCUT2D eigenvalue weighted by Gasteiger charge is 2.63. The third-order valence-electron chi connectivity index (χ3n) is 6.95. The highest BCUT2D eigenvalue weighted by Crippen LogP contribution is 2.48. The van der Waals surface area contributed by atoms with Crippen molar-refractivity contribution >= 4 is 34.6 Å². The molecule has 5 rings (SSSR count). The lowest BCUT2D eigenvalue weighted by Crippen LogP contribution is -2.47. The van der Waals surface area contributed by atoms with Gasteiger partial charge in [-0.1, -0.05) is 0 Å². The Kier molecular flexibility index (Phi) is 5.39. The number of carbonyl (C=O) groups is 3. The van der Waals surface area contributed by atoms with Crippen LogP contribution in [0.25, 0.3) is 11.2 Å². The van der Waals surface area contributed by atoms with Gasteiger partial charge in [-0.25, -0.2) is 14.2 Å². The molecule has 2 aromatic heterocycles. The number of imide groups is 1. The van der Waals surface area contributed by atoms with Gasteiger partial charge in [0, 0.05) is 45.5 Å². The monoisotopic (exact) mass is 498 g/mol. The van der Waals surface area contributed by atoms with E-state index in [9.17, 15) is 28.4 Å². The molecule has 0 bridgehead atoms. The molecule has 1 aromatic carbocycles. The minimum atomic E-state index is -1.85. The third-order valence-corrected chi connectivity index (χ3v) is 6.95. The first-order chi connectivity index (χ1) is 17.1. The van der Waals surface area contributed by atoms with Crippen molar-refractivity contribution in [3.05, 3.63) is 56.7 Å². The molecule has 12 nitrogen and oxygen atoms in total. The van der Waals surface area contributed by atoms with Crippen molar-refractivity contribution in [2.24, 2.45) is 14.1 Å². The first-order valence-corrected chi connectivity index (χ1v) is 11.2. The predicted octanol–water partition coefficient (Wildman–Crippen LogP) is -0.737. The molecule has 0 saturated carbocycles. The van der Waals surface area contributed by atoms with E-state index in [-0.39, 0.29) is 43.0 Å². The van der Waals surface area contributed by atoms with Crippen molar-refractivity contribution in [3.8, 4) is 0 Å². The van der Waals surface area contributed by atoms with Crippen LogP contribution in [-0.4, -0.2) is 68.1 Å². The molecule has 0 radical (unpaired) electrons. The summed E-state index contributed by atoms with van der Waals surface area (Å²) in [5.74, 6) is -2.51. The summed E-state index contributed by atoms with van der Waals surface area (Å²) in [7, 11) is 4.29. The lowest BCUT2D eigenvalue weighted by Gasteiger charge is -2.22. The number of fused-ring (bicyclic) bond motifs is 3. The number of carbonyl (C=O) groups excluding carboxylic acids is 3. The van der Waals surface area contributed by atoms with Crippen molar-refractivity contribution in [3.63, 3.8) is 0 Å². The van der Waals surface area contributed by atoms with Gasteiger partial charge in [-0.2, -0.15) is 0 Å². The predicted molar refractivity (Wildman–Crippen MR) is 124 cm³/mol. The van der Waals surface area contributed by atoms with Gasteiger partial charge in [0.15, 0.2) is 16.6 Å². The Labute approximate surface area is 203 Å². The zero-order valence-corrected chi connectivity index (χ0v) is 19.9. The molecule has 36 heavy (non-hydrogen) atoms. The van der Waals surface area contributed by atoms with E-state index < -0.39 is 46.6 Å². The third kappa shape index (κ3) is 3.08. The van der Waals surface area contributed by atoms with Crippen molar-refractivity contribution in [1.82, 2.24) is 23.6 Å². The maximum Gasteiger partial charge on any atom is 0.332 e. The maximum atomic E-state index is 14.3. The summed E-state index contributed by atoms with van der Waals surface area (Å²) in [5, 5.41) is 0. The molecule has 2 aliphatic rings. The van der Waals surface area contributed by atoms with Gasteiger partial charge in [-0.05, 0) is 18.2 Å². The highest BCUT2D eigenvalue weighted by molar-refractivity contribution is 6.28. The molecule has 1 atom stereocenters. The summed E-state index contributed by atoms with van der Waals surface area (Å²) in [6, 6.07) is 3.71. The number of aromatic nitrogens is 4. The maximum absolute atomic E-state index is 14.3. The summed E-state index contributed by atoms with van der Waals surface area (Å²) in [6.07, 6.45) is 0.988. The van der Waals surface area contributed by atoms with Crippen molar-refractivity contribution in [2.45, 2.75) is 18.4 Å². The molecule has 2 aliphatic heterocycles. The molecule has 1 saturated heterocycles.